The number of thioether (sulfide) groups is 1. The van der Waals surface area contributed by atoms with Crippen molar-refractivity contribution in [1.29, 1.82) is 0 Å². The minimum absolute atomic E-state index is 0.131. The van der Waals surface area contributed by atoms with E-state index in [0.717, 1.165) is 12.2 Å². The summed E-state index contributed by atoms with van der Waals surface area (Å²) in [5, 5.41) is 0.350. The first kappa shape index (κ1) is 12.7. The predicted octanol–water partition coefficient (Wildman–Crippen LogP) is 2.23. The van der Waals surface area contributed by atoms with E-state index in [2.05, 4.69) is 5.43 Å². The monoisotopic (exact) mass is 256 g/mol. The Bertz CT molecular complexity index is 383. The quantitative estimate of drug-likeness (QED) is 0.640. The lowest BCUT2D eigenvalue weighted by Gasteiger charge is -2.23. The van der Waals surface area contributed by atoms with Crippen molar-refractivity contribution in [2.75, 3.05) is 12.9 Å². The van der Waals surface area contributed by atoms with E-state index in [1.807, 2.05) is 11.8 Å². The topological polar surface area (TPSA) is 47.3 Å². The van der Waals surface area contributed by atoms with Crippen LogP contribution in [0.3, 0.4) is 0 Å². The molecule has 0 amide bonds. The number of rotatable bonds is 4. The summed E-state index contributed by atoms with van der Waals surface area (Å²) >= 11 is 1.85. The lowest BCUT2D eigenvalue weighted by atomic mass is 10.0. The van der Waals surface area contributed by atoms with Crippen LogP contribution in [0.2, 0.25) is 0 Å². The van der Waals surface area contributed by atoms with Gasteiger partial charge in [-0.3, -0.25) is 11.3 Å². The molecule has 1 aliphatic rings. The van der Waals surface area contributed by atoms with Gasteiger partial charge in [0, 0.05) is 16.9 Å². The van der Waals surface area contributed by atoms with Gasteiger partial charge in [-0.1, -0.05) is 6.07 Å². The maximum absolute atomic E-state index is 13.9. The highest BCUT2D eigenvalue weighted by Crippen LogP contribution is 2.36. The standard InChI is InChI=1S/C12H17FN2OS/c1-16-8-4-5-9(10(13)7-8)12(15-14)11-3-2-6-17-11/h4-5,7,11-12,15H,2-3,6,14H2,1H3. The number of ether oxygens (including phenoxy) is 1. The fraction of sp³-hybridized carbons (Fsp3) is 0.500. The maximum atomic E-state index is 13.9. The Morgan fingerprint density at radius 1 is 1.59 bits per heavy atom. The molecule has 1 aromatic carbocycles. The van der Waals surface area contributed by atoms with Gasteiger partial charge >= 0.3 is 0 Å². The van der Waals surface area contributed by atoms with Crippen LogP contribution < -0.4 is 16.0 Å². The van der Waals surface area contributed by atoms with Crippen LogP contribution in [-0.2, 0) is 0 Å². The summed E-state index contributed by atoms with van der Waals surface area (Å²) in [6.45, 7) is 0. The molecule has 0 aliphatic carbocycles. The molecule has 3 N–H and O–H groups in total. The van der Waals surface area contributed by atoms with E-state index in [-0.39, 0.29) is 11.9 Å². The molecule has 0 radical (unpaired) electrons. The van der Waals surface area contributed by atoms with Crippen molar-refractivity contribution in [3.8, 4) is 5.75 Å². The van der Waals surface area contributed by atoms with Gasteiger partial charge in [0.25, 0.3) is 0 Å². The Kier molecular flexibility index (Phi) is 4.25. The van der Waals surface area contributed by atoms with Gasteiger partial charge in [-0.05, 0) is 24.7 Å². The Hall–Kier alpha value is -0.780. The van der Waals surface area contributed by atoms with E-state index in [4.69, 9.17) is 10.6 Å². The minimum atomic E-state index is -0.264. The van der Waals surface area contributed by atoms with Crippen molar-refractivity contribution in [2.24, 2.45) is 5.84 Å². The summed E-state index contributed by atoms with van der Waals surface area (Å²) in [5.74, 6) is 6.95. The number of nitrogens with one attached hydrogen (secondary N) is 1. The minimum Gasteiger partial charge on any atom is -0.497 e. The number of hydrogen-bond acceptors (Lipinski definition) is 4. The number of benzene rings is 1. The lowest BCUT2D eigenvalue weighted by molar-refractivity contribution is 0.408. The zero-order valence-corrected chi connectivity index (χ0v) is 10.6. The molecule has 1 fully saturated rings. The molecule has 0 saturated carbocycles. The molecule has 1 saturated heterocycles. The second-order valence-electron chi connectivity index (χ2n) is 4.08. The molecule has 1 aromatic rings. The summed E-state index contributed by atoms with van der Waals surface area (Å²) in [5.41, 5.74) is 3.36. The summed E-state index contributed by atoms with van der Waals surface area (Å²) in [6.07, 6.45) is 2.25. The molecule has 2 rings (SSSR count). The van der Waals surface area contributed by atoms with Gasteiger partial charge in [0.1, 0.15) is 11.6 Å². The van der Waals surface area contributed by atoms with Crippen molar-refractivity contribution in [3.63, 3.8) is 0 Å². The third kappa shape index (κ3) is 2.73. The van der Waals surface area contributed by atoms with Crippen LogP contribution >= 0.6 is 11.8 Å². The van der Waals surface area contributed by atoms with Gasteiger partial charge < -0.3 is 4.74 Å². The fourth-order valence-electron chi connectivity index (χ4n) is 2.15. The molecular formula is C12H17FN2OS. The van der Waals surface area contributed by atoms with E-state index < -0.39 is 0 Å². The Morgan fingerprint density at radius 3 is 2.94 bits per heavy atom. The number of methoxy groups -OCH3 is 1. The molecule has 5 heteroatoms. The molecule has 3 nitrogen and oxygen atoms in total. The summed E-state index contributed by atoms with van der Waals surface area (Å²) in [4.78, 5) is 0. The zero-order valence-electron chi connectivity index (χ0n) is 9.78. The smallest absolute Gasteiger partial charge is 0.131 e. The van der Waals surface area contributed by atoms with E-state index in [1.165, 1.54) is 19.6 Å². The lowest BCUT2D eigenvalue weighted by Crippen LogP contribution is -2.34. The average molecular weight is 256 g/mol. The highest BCUT2D eigenvalue weighted by atomic mass is 32.2. The molecule has 2 unspecified atom stereocenters. The van der Waals surface area contributed by atoms with Crippen molar-refractivity contribution < 1.29 is 9.13 Å². The predicted molar refractivity (Wildman–Crippen MR) is 68.5 cm³/mol. The molecule has 0 aromatic heterocycles. The van der Waals surface area contributed by atoms with Gasteiger partial charge in [-0.25, -0.2) is 4.39 Å². The van der Waals surface area contributed by atoms with E-state index in [1.54, 1.807) is 12.1 Å². The Morgan fingerprint density at radius 2 is 2.41 bits per heavy atom. The van der Waals surface area contributed by atoms with Crippen molar-refractivity contribution in [1.82, 2.24) is 5.43 Å². The van der Waals surface area contributed by atoms with Crippen LogP contribution in [0.1, 0.15) is 24.4 Å². The van der Waals surface area contributed by atoms with Crippen LogP contribution in [-0.4, -0.2) is 18.1 Å². The van der Waals surface area contributed by atoms with Crippen molar-refractivity contribution >= 4 is 11.8 Å². The maximum Gasteiger partial charge on any atom is 0.131 e. The molecular weight excluding hydrogens is 239 g/mol. The van der Waals surface area contributed by atoms with Crippen LogP contribution in [0, 0.1) is 5.82 Å². The Balaban J connectivity index is 2.23. The molecule has 94 valence electrons. The van der Waals surface area contributed by atoms with Gasteiger partial charge in [-0.2, -0.15) is 11.8 Å². The van der Waals surface area contributed by atoms with E-state index in [0.29, 0.717) is 16.6 Å². The normalized spacial score (nSPS) is 21.5. The second kappa shape index (κ2) is 5.71. The van der Waals surface area contributed by atoms with Crippen LogP contribution in [0.15, 0.2) is 18.2 Å². The van der Waals surface area contributed by atoms with Gasteiger partial charge in [-0.15, -0.1) is 0 Å². The molecule has 0 spiro atoms. The van der Waals surface area contributed by atoms with Gasteiger partial charge in [0.2, 0.25) is 0 Å². The first-order valence-corrected chi connectivity index (χ1v) is 6.72. The second-order valence-corrected chi connectivity index (χ2v) is 5.43. The highest BCUT2D eigenvalue weighted by molar-refractivity contribution is 8.00. The summed E-state index contributed by atoms with van der Waals surface area (Å²) < 4.78 is 18.9. The molecule has 17 heavy (non-hydrogen) atoms. The SMILES string of the molecule is COc1ccc(C(NN)C2CCCS2)c(F)c1. The molecule has 0 bridgehead atoms. The molecule has 2 atom stereocenters. The fourth-order valence-corrected chi connectivity index (χ4v) is 3.54. The molecule has 1 heterocycles. The highest BCUT2D eigenvalue weighted by Gasteiger charge is 2.28. The van der Waals surface area contributed by atoms with E-state index >= 15 is 0 Å². The number of halogens is 1. The first-order chi connectivity index (χ1) is 8.26. The largest absolute Gasteiger partial charge is 0.497 e. The summed E-state index contributed by atoms with van der Waals surface area (Å²) in [6, 6.07) is 4.78. The Labute approximate surface area is 105 Å². The van der Waals surface area contributed by atoms with Crippen LogP contribution in [0.5, 0.6) is 5.75 Å². The number of hydrogen-bond donors (Lipinski definition) is 2. The number of hydrazine groups is 1. The summed E-state index contributed by atoms with van der Waals surface area (Å²) in [7, 11) is 1.53. The van der Waals surface area contributed by atoms with Gasteiger partial charge in [0.05, 0.1) is 13.2 Å². The third-order valence-electron chi connectivity index (χ3n) is 3.06. The van der Waals surface area contributed by atoms with Gasteiger partial charge in [0.15, 0.2) is 0 Å². The molecule has 1 aliphatic heterocycles. The van der Waals surface area contributed by atoms with Crippen LogP contribution in [0.4, 0.5) is 4.39 Å². The third-order valence-corrected chi connectivity index (χ3v) is 4.52. The van der Waals surface area contributed by atoms with E-state index in [9.17, 15) is 4.39 Å². The average Bonchev–Trinajstić information content (AvgIpc) is 2.85. The van der Waals surface area contributed by atoms with Crippen molar-refractivity contribution in [2.45, 2.75) is 24.1 Å². The number of nitrogens with two attached hydrogens (primary N) is 1. The first-order valence-electron chi connectivity index (χ1n) is 5.67. The van der Waals surface area contributed by atoms with Crippen molar-refractivity contribution in [3.05, 3.63) is 29.6 Å². The van der Waals surface area contributed by atoms with Crippen LogP contribution in [0.25, 0.3) is 0 Å². The zero-order chi connectivity index (χ0) is 12.3.